The monoisotopic (exact) mass is 229 g/mol. The molecule has 0 N–H and O–H groups in total. The zero-order valence-corrected chi connectivity index (χ0v) is 10.1. The predicted octanol–water partition coefficient (Wildman–Crippen LogP) is 2.80. The van der Waals surface area contributed by atoms with Crippen LogP contribution < -0.4 is 0 Å². The molecule has 3 rings (SSSR count). The average Bonchev–Trinajstić information content (AvgIpc) is 2.37. The summed E-state index contributed by atoms with van der Waals surface area (Å²) in [7, 11) is 0. The number of hydrogen-bond acceptors (Lipinski definition) is 1. The van der Waals surface area contributed by atoms with Crippen molar-refractivity contribution in [1.82, 2.24) is 4.90 Å². The molecule has 0 aromatic heterocycles. The Morgan fingerprint density at radius 1 is 1.12 bits per heavy atom. The van der Waals surface area contributed by atoms with Crippen LogP contribution in [0.4, 0.5) is 0 Å². The van der Waals surface area contributed by atoms with Crippen LogP contribution in [0.3, 0.4) is 0 Å². The lowest BCUT2D eigenvalue weighted by Crippen LogP contribution is -2.56. The summed E-state index contributed by atoms with van der Waals surface area (Å²) in [6, 6.07) is 10.9. The fourth-order valence-electron chi connectivity index (χ4n) is 3.49. The van der Waals surface area contributed by atoms with Crippen molar-refractivity contribution in [3.05, 3.63) is 35.9 Å². The van der Waals surface area contributed by atoms with E-state index in [0.717, 1.165) is 25.4 Å². The predicted molar refractivity (Wildman–Crippen MR) is 67.7 cm³/mol. The second kappa shape index (κ2) is 4.17. The number of carbonyl (C=O) groups is 1. The van der Waals surface area contributed by atoms with E-state index >= 15 is 0 Å². The van der Waals surface area contributed by atoms with Gasteiger partial charge in [-0.2, -0.15) is 0 Å². The molecule has 1 amide bonds. The van der Waals surface area contributed by atoms with Gasteiger partial charge in [0, 0.05) is 18.5 Å². The molecule has 1 aliphatic carbocycles. The van der Waals surface area contributed by atoms with Crippen molar-refractivity contribution < 1.29 is 4.79 Å². The van der Waals surface area contributed by atoms with E-state index in [2.05, 4.69) is 30.3 Å². The van der Waals surface area contributed by atoms with Crippen LogP contribution in [-0.4, -0.2) is 24.4 Å². The first-order valence-corrected chi connectivity index (χ1v) is 6.56. The number of hydrogen-bond donors (Lipinski definition) is 0. The highest BCUT2D eigenvalue weighted by Gasteiger charge is 2.44. The molecule has 2 aliphatic rings. The van der Waals surface area contributed by atoms with E-state index in [1.807, 2.05) is 4.90 Å². The number of rotatable bonds is 2. The zero-order chi connectivity index (χ0) is 11.7. The Labute approximate surface area is 103 Å². The van der Waals surface area contributed by atoms with Crippen LogP contribution >= 0.6 is 0 Å². The fourth-order valence-corrected chi connectivity index (χ4v) is 3.49. The van der Waals surface area contributed by atoms with Gasteiger partial charge in [-0.05, 0) is 37.2 Å². The summed E-state index contributed by atoms with van der Waals surface area (Å²) < 4.78 is 0. The molecule has 1 aliphatic heterocycles. The normalized spacial score (nSPS) is 23.4. The van der Waals surface area contributed by atoms with E-state index in [9.17, 15) is 4.79 Å². The molecule has 0 unspecified atom stereocenters. The third-order valence-electron chi connectivity index (χ3n) is 4.54. The van der Waals surface area contributed by atoms with Crippen molar-refractivity contribution in [3.63, 3.8) is 0 Å². The van der Waals surface area contributed by atoms with Gasteiger partial charge in [-0.15, -0.1) is 0 Å². The van der Waals surface area contributed by atoms with E-state index in [1.165, 1.54) is 31.2 Å². The van der Waals surface area contributed by atoms with E-state index in [-0.39, 0.29) is 0 Å². The Kier molecular flexibility index (Phi) is 2.65. The summed E-state index contributed by atoms with van der Waals surface area (Å²) in [5.41, 5.74) is 1.97. The summed E-state index contributed by atoms with van der Waals surface area (Å²) in [6.45, 7) is 2.00. The maximum atomic E-state index is 10.6. The Morgan fingerprint density at radius 2 is 1.76 bits per heavy atom. The Balaban J connectivity index is 1.60. The van der Waals surface area contributed by atoms with Gasteiger partial charge in [-0.1, -0.05) is 30.3 Å². The van der Waals surface area contributed by atoms with Crippen molar-refractivity contribution in [1.29, 1.82) is 0 Å². The third kappa shape index (κ3) is 1.97. The first kappa shape index (κ1) is 10.8. The zero-order valence-electron chi connectivity index (χ0n) is 10.1. The molecule has 0 atom stereocenters. The standard InChI is InChI=1S/C15H19NO/c17-12-16-10-15(11-16)8-6-14(7-9-15)13-4-2-1-3-5-13/h1-5,12,14H,6-11H2. The van der Waals surface area contributed by atoms with Crippen LogP contribution in [0.25, 0.3) is 0 Å². The minimum absolute atomic E-state index is 0.478. The summed E-state index contributed by atoms with van der Waals surface area (Å²) in [5.74, 6) is 0.743. The van der Waals surface area contributed by atoms with Crippen LogP contribution in [0.15, 0.2) is 30.3 Å². The third-order valence-corrected chi connectivity index (χ3v) is 4.54. The number of nitrogens with zero attached hydrogens (tertiary/aromatic N) is 1. The van der Waals surface area contributed by atoms with Crippen LogP contribution in [0.1, 0.15) is 37.2 Å². The van der Waals surface area contributed by atoms with Crippen LogP contribution in [0.2, 0.25) is 0 Å². The highest BCUT2D eigenvalue weighted by Crippen LogP contribution is 2.47. The summed E-state index contributed by atoms with van der Waals surface area (Å²) >= 11 is 0. The maximum absolute atomic E-state index is 10.6. The quantitative estimate of drug-likeness (QED) is 0.714. The molecule has 1 saturated carbocycles. The van der Waals surface area contributed by atoms with Gasteiger partial charge in [0.15, 0.2) is 0 Å². The Hall–Kier alpha value is -1.31. The molecule has 2 heteroatoms. The second-order valence-electron chi connectivity index (χ2n) is 5.70. The maximum Gasteiger partial charge on any atom is 0.209 e. The fraction of sp³-hybridized carbons (Fsp3) is 0.533. The topological polar surface area (TPSA) is 20.3 Å². The smallest absolute Gasteiger partial charge is 0.209 e. The van der Waals surface area contributed by atoms with Crippen LogP contribution in [0, 0.1) is 5.41 Å². The lowest BCUT2D eigenvalue weighted by molar-refractivity contribution is -0.131. The van der Waals surface area contributed by atoms with E-state index in [1.54, 1.807) is 0 Å². The molecule has 1 spiro atoms. The van der Waals surface area contributed by atoms with E-state index in [0.29, 0.717) is 5.41 Å². The molecular weight excluding hydrogens is 210 g/mol. The van der Waals surface area contributed by atoms with Gasteiger partial charge >= 0.3 is 0 Å². The summed E-state index contributed by atoms with van der Waals surface area (Å²) in [5, 5.41) is 0. The van der Waals surface area contributed by atoms with Gasteiger partial charge in [0.1, 0.15) is 0 Å². The highest BCUT2D eigenvalue weighted by atomic mass is 16.1. The second-order valence-corrected chi connectivity index (χ2v) is 5.70. The Morgan fingerprint density at radius 3 is 2.35 bits per heavy atom. The Bertz CT molecular complexity index is 385. The average molecular weight is 229 g/mol. The van der Waals surface area contributed by atoms with E-state index < -0.39 is 0 Å². The molecule has 0 radical (unpaired) electrons. The number of likely N-dealkylation sites (tertiary alicyclic amines) is 1. The molecule has 17 heavy (non-hydrogen) atoms. The first-order valence-electron chi connectivity index (χ1n) is 6.56. The van der Waals surface area contributed by atoms with Crippen molar-refractivity contribution in [2.45, 2.75) is 31.6 Å². The molecule has 1 saturated heterocycles. The van der Waals surface area contributed by atoms with Gasteiger partial charge in [-0.3, -0.25) is 4.79 Å². The first-order chi connectivity index (χ1) is 8.31. The van der Waals surface area contributed by atoms with E-state index in [4.69, 9.17) is 0 Å². The minimum Gasteiger partial charge on any atom is -0.344 e. The molecule has 1 aromatic rings. The largest absolute Gasteiger partial charge is 0.344 e. The number of carbonyl (C=O) groups excluding carboxylic acids is 1. The minimum atomic E-state index is 0.478. The van der Waals surface area contributed by atoms with Crippen molar-refractivity contribution in [2.24, 2.45) is 5.41 Å². The SMILES string of the molecule is O=CN1CC2(CCC(c3ccccc3)CC2)C1. The van der Waals surface area contributed by atoms with Crippen molar-refractivity contribution >= 4 is 6.41 Å². The van der Waals surface area contributed by atoms with Crippen molar-refractivity contribution in [3.8, 4) is 0 Å². The molecule has 90 valence electrons. The molecule has 2 fully saturated rings. The van der Waals surface area contributed by atoms with Gasteiger partial charge in [-0.25, -0.2) is 0 Å². The van der Waals surface area contributed by atoms with Gasteiger partial charge in [0.2, 0.25) is 6.41 Å². The van der Waals surface area contributed by atoms with Gasteiger partial charge < -0.3 is 4.90 Å². The lowest BCUT2D eigenvalue weighted by atomic mass is 9.65. The van der Waals surface area contributed by atoms with Gasteiger partial charge in [0.05, 0.1) is 0 Å². The number of amides is 1. The molecule has 0 bridgehead atoms. The lowest BCUT2D eigenvalue weighted by Gasteiger charge is -2.52. The summed E-state index contributed by atoms with van der Waals surface area (Å²) in [6.07, 6.45) is 6.15. The highest BCUT2D eigenvalue weighted by molar-refractivity contribution is 5.49. The van der Waals surface area contributed by atoms with Crippen LogP contribution in [0.5, 0.6) is 0 Å². The molecule has 2 nitrogen and oxygen atoms in total. The van der Waals surface area contributed by atoms with Crippen LogP contribution in [-0.2, 0) is 4.79 Å². The number of benzene rings is 1. The molecular formula is C15H19NO. The van der Waals surface area contributed by atoms with Crippen molar-refractivity contribution in [2.75, 3.05) is 13.1 Å². The van der Waals surface area contributed by atoms with Gasteiger partial charge in [0.25, 0.3) is 0 Å². The molecule has 1 heterocycles. The summed E-state index contributed by atoms with van der Waals surface area (Å²) in [4.78, 5) is 12.5. The molecule has 1 aromatic carbocycles.